The van der Waals surface area contributed by atoms with E-state index in [1.807, 2.05) is 0 Å². The van der Waals surface area contributed by atoms with Crippen LogP contribution in [-0.2, 0) is 14.3 Å². The molecule has 11 atom stereocenters. The molecule has 14 heteroatoms. The summed E-state index contributed by atoms with van der Waals surface area (Å²) in [4.78, 5) is 13.0. The summed E-state index contributed by atoms with van der Waals surface area (Å²) < 4.78 is 11.6. The molecule has 2 saturated carbocycles. The van der Waals surface area contributed by atoms with Crippen molar-refractivity contribution in [2.24, 2.45) is 39.4 Å². The van der Waals surface area contributed by atoms with Crippen molar-refractivity contribution in [2.45, 2.75) is 168 Å². The number of carboxylic acids is 1. The summed E-state index contributed by atoms with van der Waals surface area (Å²) in [6.45, 7) is 13.7. The second-order valence-corrected chi connectivity index (χ2v) is 18.9. The molecule has 5 unspecified atom stereocenters. The summed E-state index contributed by atoms with van der Waals surface area (Å²) in [6, 6.07) is 0. The Kier molecular flexibility index (Phi) is 14.4. The molecule has 56 heavy (non-hydrogen) atoms. The molecule has 0 heterocycles. The Morgan fingerprint density at radius 3 is 1.86 bits per heavy atom. The van der Waals surface area contributed by atoms with E-state index in [1.165, 1.54) is 11.1 Å². The van der Waals surface area contributed by atoms with Crippen molar-refractivity contribution in [3.8, 4) is 0 Å². The lowest BCUT2D eigenvalue weighted by Gasteiger charge is -2.62. The van der Waals surface area contributed by atoms with Crippen LogP contribution in [0.5, 0.6) is 0 Å². The second-order valence-electron chi connectivity index (χ2n) is 18.9. The Hall–Kier alpha value is -2.43. The standard InChI is InChI=1S/C42H70O14/c1-38(2,56-37(54)34(50)32(48)28(46)16-22-44)17-8-9-23(35(51)52)24-12-19-42(7)26-10-11-29-39(3,4)30(55-36(53)33(49)31(47)27(45)15-21-43)14-18-40(29,5)25(26)13-20-41(24,42)6/h23-24,27-30,36-37,43-50,53-54H,8-22H2,1-7H3,(H,51,52)/b33-31+,34-32+/t23-,24-,27?,28?,29?,30+,36?,37?,40-,41-,42+/m1/s1. The highest BCUT2D eigenvalue weighted by Gasteiger charge is 2.64. The molecule has 0 bridgehead atoms. The zero-order valence-electron chi connectivity index (χ0n) is 34.4. The number of hydrogen-bond donors (Lipinski definition) is 11. The van der Waals surface area contributed by atoms with Gasteiger partial charge in [0.05, 0.1) is 17.6 Å². The molecule has 322 valence electrons. The first kappa shape index (κ1) is 46.3. The van der Waals surface area contributed by atoms with E-state index in [0.29, 0.717) is 25.7 Å². The first-order valence-electron chi connectivity index (χ1n) is 20.4. The van der Waals surface area contributed by atoms with E-state index in [-0.39, 0.29) is 40.9 Å². The van der Waals surface area contributed by atoms with Crippen molar-refractivity contribution >= 4 is 5.97 Å². The molecule has 0 radical (unpaired) electrons. The largest absolute Gasteiger partial charge is 0.506 e. The normalized spacial score (nSPS) is 33.9. The van der Waals surface area contributed by atoms with Gasteiger partial charge in [-0.3, -0.25) is 4.79 Å². The number of ether oxygens (including phenoxy) is 2. The molecule has 0 aromatic heterocycles. The summed E-state index contributed by atoms with van der Waals surface area (Å²) >= 11 is 0. The lowest BCUT2D eigenvalue weighted by Crippen LogP contribution is -2.56. The molecule has 0 amide bonds. The minimum atomic E-state index is -1.92. The van der Waals surface area contributed by atoms with Gasteiger partial charge in [-0.15, -0.1) is 0 Å². The van der Waals surface area contributed by atoms with Crippen LogP contribution in [0.3, 0.4) is 0 Å². The number of fused-ring (bicyclic) bond motifs is 4. The molecular weight excluding hydrogens is 728 g/mol. The van der Waals surface area contributed by atoms with E-state index >= 15 is 0 Å². The minimum Gasteiger partial charge on any atom is -0.506 e. The van der Waals surface area contributed by atoms with Gasteiger partial charge in [0.2, 0.25) is 12.6 Å². The number of allylic oxidation sites excluding steroid dienone is 2. The van der Waals surface area contributed by atoms with Crippen molar-refractivity contribution in [2.75, 3.05) is 13.2 Å². The molecule has 0 aromatic carbocycles. The zero-order valence-corrected chi connectivity index (χ0v) is 34.4. The highest BCUT2D eigenvalue weighted by atomic mass is 16.6. The van der Waals surface area contributed by atoms with E-state index in [1.54, 1.807) is 13.8 Å². The van der Waals surface area contributed by atoms with Gasteiger partial charge in [-0.2, -0.15) is 0 Å². The summed E-state index contributed by atoms with van der Waals surface area (Å²) in [5.74, 6) is -4.83. The van der Waals surface area contributed by atoms with Crippen molar-refractivity contribution in [1.82, 2.24) is 0 Å². The molecular formula is C42H70O14. The van der Waals surface area contributed by atoms with E-state index in [0.717, 1.165) is 44.9 Å². The zero-order chi connectivity index (χ0) is 42.2. The van der Waals surface area contributed by atoms with Gasteiger partial charge < -0.3 is 65.6 Å². The van der Waals surface area contributed by atoms with Gasteiger partial charge in [-0.25, -0.2) is 0 Å². The number of aliphatic carboxylic acids is 1. The summed E-state index contributed by atoms with van der Waals surface area (Å²) in [6.07, 6.45) is -0.0123. The van der Waals surface area contributed by atoms with Crippen molar-refractivity contribution in [3.05, 3.63) is 34.2 Å². The number of carbonyl (C=O) groups is 1. The van der Waals surface area contributed by atoms with E-state index in [4.69, 9.17) is 19.7 Å². The maximum absolute atomic E-state index is 13.0. The SMILES string of the molecule is CC(C)(CCC[C@@H](C(=O)O)[C@H]1CC[C@@]2(C)C3=C(CC[C@]12C)[C@@]1(C)CC[C@H](OC(O)/C(O)=C(\O)C(O)CCO)C(C)(C)C1CC3)OC(O)/C(O)=C(\O)C(O)CCO. The summed E-state index contributed by atoms with van der Waals surface area (Å²) in [7, 11) is 0. The van der Waals surface area contributed by atoms with Crippen molar-refractivity contribution in [1.29, 1.82) is 0 Å². The highest BCUT2D eigenvalue weighted by molar-refractivity contribution is 5.70. The van der Waals surface area contributed by atoms with Gasteiger partial charge in [0, 0.05) is 26.1 Å². The van der Waals surface area contributed by atoms with Gasteiger partial charge in [0.15, 0.2) is 23.0 Å². The quantitative estimate of drug-likeness (QED) is 0.0461. The lowest BCUT2D eigenvalue weighted by atomic mass is 9.43. The average molecular weight is 799 g/mol. The highest BCUT2D eigenvalue weighted by Crippen LogP contribution is 2.72. The number of hydrogen-bond acceptors (Lipinski definition) is 13. The van der Waals surface area contributed by atoms with Crippen molar-refractivity contribution in [3.63, 3.8) is 0 Å². The number of rotatable bonds is 18. The Labute approximate surface area is 331 Å². The van der Waals surface area contributed by atoms with Crippen LogP contribution < -0.4 is 0 Å². The van der Waals surface area contributed by atoms with Crippen molar-refractivity contribution < 1.29 is 70.4 Å². The molecule has 4 aliphatic carbocycles. The molecule has 4 rings (SSSR count). The van der Waals surface area contributed by atoms with Gasteiger partial charge >= 0.3 is 5.97 Å². The van der Waals surface area contributed by atoms with Gasteiger partial charge in [-0.1, -0.05) is 45.8 Å². The molecule has 14 nitrogen and oxygen atoms in total. The smallest absolute Gasteiger partial charge is 0.306 e. The number of carboxylic acid groups (broad SMARTS) is 1. The van der Waals surface area contributed by atoms with Crippen LogP contribution >= 0.6 is 0 Å². The second kappa shape index (κ2) is 17.4. The monoisotopic (exact) mass is 798 g/mol. The topological polar surface area (TPSA) is 258 Å². The van der Waals surface area contributed by atoms with Gasteiger partial charge in [0.25, 0.3) is 0 Å². The third-order valence-corrected chi connectivity index (χ3v) is 15.0. The van der Waals surface area contributed by atoms with Crippen LogP contribution in [0.1, 0.15) is 132 Å². The van der Waals surface area contributed by atoms with E-state index in [9.17, 15) is 50.8 Å². The molecule has 2 fully saturated rings. The Morgan fingerprint density at radius 1 is 0.732 bits per heavy atom. The van der Waals surface area contributed by atoms with Crippen LogP contribution in [0.25, 0.3) is 0 Å². The van der Waals surface area contributed by atoms with E-state index in [2.05, 4.69) is 34.6 Å². The first-order chi connectivity index (χ1) is 25.9. The molecule has 0 spiro atoms. The van der Waals surface area contributed by atoms with Gasteiger partial charge in [-0.05, 0) is 118 Å². The third-order valence-electron chi connectivity index (χ3n) is 15.0. The van der Waals surface area contributed by atoms with Crippen LogP contribution in [-0.4, -0.2) is 112 Å². The molecule has 11 N–H and O–H groups in total. The van der Waals surface area contributed by atoms with Crippen LogP contribution in [0.15, 0.2) is 34.2 Å². The van der Waals surface area contributed by atoms with E-state index < -0.39 is 90.0 Å². The Bertz CT molecular complexity index is 1500. The fourth-order valence-corrected chi connectivity index (χ4v) is 11.6. The fraction of sp³-hybridized carbons (Fsp3) is 0.833. The van der Waals surface area contributed by atoms with Crippen LogP contribution in [0.2, 0.25) is 0 Å². The fourth-order valence-electron chi connectivity index (χ4n) is 11.6. The predicted molar refractivity (Wildman–Crippen MR) is 206 cm³/mol. The predicted octanol–water partition coefficient (Wildman–Crippen LogP) is 5.57. The Balaban J connectivity index is 1.49. The first-order valence-corrected chi connectivity index (χ1v) is 20.4. The maximum Gasteiger partial charge on any atom is 0.306 e. The van der Waals surface area contributed by atoms with Gasteiger partial charge in [0.1, 0.15) is 12.2 Å². The summed E-state index contributed by atoms with van der Waals surface area (Å²) in [5.41, 5.74) is 0.887. The molecule has 0 saturated heterocycles. The third kappa shape index (κ3) is 8.64. The molecule has 0 aromatic rings. The molecule has 4 aliphatic rings. The molecule has 0 aliphatic heterocycles. The minimum absolute atomic E-state index is 0.0637. The number of aliphatic hydroxyl groups excluding tert-OH is 10. The summed E-state index contributed by atoms with van der Waals surface area (Å²) in [5, 5.41) is 111. The number of aliphatic hydroxyl groups is 10. The maximum atomic E-state index is 13.0. The average Bonchev–Trinajstić information content (AvgIpc) is 3.40. The Morgan fingerprint density at radius 2 is 1.30 bits per heavy atom. The lowest BCUT2D eigenvalue weighted by molar-refractivity contribution is -0.201. The van der Waals surface area contributed by atoms with Crippen LogP contribution in [0.4, 0.5) is 0 Å². The van der Waals surface area contributed by atoms with Crippen LogP contribution in [0, 0.1) is 39.4 Å².